The minimum absolute atomic E-state index is 0.562. The summed E-state index contributed by atoms with van der Waals surface area (Å²) in [4.78, 5) is 2.65. The molecule has 1 fully saturated rings. The first-order chi connectivity index (χ1) is 7.33. The summed E-state index contributed by atoms with van der Waals surface area (Å²) in [5, 5.41) is 11.9. The number of aromatic amines is 1. The van der Waals surface area contributed by atoms with Crippen LogP contribution in [0, 0.1) is 5.92 Å². The van der Waals surface area contributed by atoms with Crippen molar-refractivity contribution in [3.63, 3.8) is 0 Å². The highest BCUT2D eigenvalue weighted by atomic mass is 32.1. The van der Waals surface area contributed by atoms with Gasteiger partial charge in [-0.05, 0) is 31.4 Å². The average Bonchev–Trinajstić information content (AvgIpc) is 2.78. The van der Waals surface area contributed by atoms with E-state index in [0.29, 0.717) is 6.04 Å². The molecule has 0 bridgehead atoms. The Bertz CT molecular complexity index is 423. The molecular formula is C11H15N3S. The molecule has 2 N–H and O–H groups in total. The van der Waals surface area contributed by atoms with Gasteiger partial charge in [0.25, 0.3) is 0 Å². The van der Waals surface area contributed by atoms with Crippen molar-refractivity contribution in [3.8, 4) is 0 Å². The van der Waals surface area contributed by atoms with Crippen LogP contribution in [0.25, 0.3) is 10.2 Å². The van der Waals surface area contributed by atoms with Crippen molar-refractivity contribution in [2.75, 3.05) is 6.54 Å². The van der Waals surface area contributed by atoms with Crippen LogP contribution in [-0.4, -0.2) is 16.7 Å². The molecule has 15 heavy (non-hydrogen) atoms. The molecule has 2 aromatic rings. The second-order valence-electron chi connectivity index (χ2n) is 4.45. The van der Waals surface area contributed by atoms with Gasteiger partial charge in [0, 0.05) is 16.3 Å². The molecule has 1 aliphatic rings. The molecule has 0 spiro atoms. The molecule has 80 valence electrons. The van der Waals surface area contributed by atoms with Gasteiger partial charge in [-0.2, -0.15) is 5.10 Å². The Balaban J connectivity index is 1.84. The first kappa shape index (κ1) is 9.36. The van der Waals surface area contributed by atoms with Crippen LogP contribution >= 0.6 is 11.3 Å². The van der Waals surface area contributed by atoms with Gasteiger partial charge in [0.1, 0.15) is 4.83 Å². The van der Waals surface area contributed by atoms with E-state index in [2.05, 4.69) is 28.5 Å². The van der Waals surface area contributed by atoms with Crippen LogP contribution < -0.4 is 5.32 Å². The Morgan fingerprint density at radius 2 is 2.40 bits per heavy atom. The van der Waals surface area contributed by atoms with Gasteiger partial charge in [-0.3, -0.25) is 5.10 Å². The Kier molecular flexibility index (Phi) is 2.25. The number of nitrogens with one attached hydrogen (secondary N) is 2. The molecule has 2 atom stereocenters. The SMILES string of the molecule is C[C@H]1CC[C@H](c2cc3cn[nH]c3s2)NC1. The summed E-state index contributed by atoms with van der Waals surface area (Å²) >= 11 is 1.83. The third-order valence-corrected chi connectivity index (χ3v) is 4.32. The predicted octanol–water partition coefficient (Wildman–Crippen LogP) is 2.68. The van der Waals surface area contributed by atoms with Crippen LogP contribution in [0.15, 0.2) is 12.3 Å². The normalized spacial score (nSPS) is 27.3. The fraction of sp³-hybridized carbons (Fsp3) is 0.545. The second kappa shape index (κ2) is 3.61. The first-order valence-corrected chi connectivity index (χ1v) is 6.31. The third kappa shape index (κ3) is 1.68. The van der Waals surface area contributed by atoms with Crippen molar-refractivity contribution >= 4 is 21.6 Å². The second-order valence-corrected chi connectivity index (χ2v) is 5.53. The molecular weight excluding hydrogens is 206 g/mol. The summed E-state index contributed by atoms with van der Waals surface area (Å²) in [6, 6.07) is 2.82. The van der Waals surface area contributed by atoms with E-state index in [1.807, 2.05) is 17.5 Å². The lowest BCUT2D eigenvalue weighted by molar-refractivity contribution is 0.336. The Hall–Kier alpha value is -0.870. The molecule has 3 nitrogen and oxygen atoms in total. The van der Waals surface area contributed by atoms with Gasteiger partial charge >= 0.3 is 0 Å². The van der Waals surface area contributed by atoms with Crippen LogP contribution in [0.4, 0.5) is 0 Å². The summed E-state index contributed by atoms with van der Waals surface area (Å²) in [7, 11) is 0. The number of thiophene rings is 1. The lowest BCUT2D eigenvalue weighted by Crippen LogP contribution is -2.31. The molecule has 0 unspecified atom stereocenters. The van der Waals surface area contributed by atoms with Gasteiger partial charge in [0.05, 0.1) is 6.20 Å². The van der Waals surface area contributed by atoms with Crippen molar-refractivity contribution in [1.29, 1.82) is 0 Å². The van der Waals surface area contributed by atoms with Crippen LogP contribution in [0.1, 0.15) is 30.7 Å². The molecule has 3 heterocycles. The van der Waals surface area contributed by atoms with Gasteiger partial charge in [-0.15, -0.1) is 11.3 Å². The maximum atomic E-state index is 4.02. The molecule has 0 radical (unpaired) electrons. The largest absolute Gasteiger partial charge is 0.309 e. The summed E-state index contributed by atoms with van der Waals surface area (Å²) in [6.07, 6.45) is 4.50. The number of H-pyrrole nitrogens is 1. The predicted molar refractivity (Wildman–Crippen MR) is 63.1 cm³/mol. The summed E-state index contributed by atoms with van der Waals surface area (Å²) in [5.74, 6) is 0.827. The van der Waals surface area contributed by atoms with E-state index < -0.39 is 0 Å². The minimum Gasteiger partial charge on any atom is -0.309 e. The van der Waals surface area contributed by atoms with Crippen molar-refractivity contribution in [1.82, 2.24) is 15.5 Å². The Morgan fingerprint density at radius 3 is 3.13 bits per heavy atom. The van der Waals surface area contributed by atoms with Gasteiger partial charge in [-0.1, -0.05) is 6.92 Å². The molecule has 3 rings (SSSR count). The van der Waals surface area contributed by atoms with Crippen LogP contribution in [0.5, 0.6) is 0 Å². The zero-order valence-electron chi connectivity index (χ0n) is 8.79. The highest BCUT2D eigenvalue weighted by Crippen LogP contribution is 2.33. The summed E-state index contributed by atoms with van der Waals surface area (Å²) in [6.45, 7) is 3.46. The number of aromatic nitrogens is 2. The molecule has 0 amide bonds. The highest BCUT2D eigenvalue weighted by molar-refractivity contribution is 7.18. The lowest BCUT2D eigenvalue weighted by Gasteiger charge is -2.26. The van der Waals surface area contributed by atoms with Crippen molar-refractivity contribution < 1.29 is 0 Å². The molecule has 0 aliphatic carbocycles. The van der Waals surface area contributed by atoms with E-state index in [1.54, 1.807) is 0 Å². The fourth-order valence-corrected chi connectivity index (χ4v) is 3.27. The summed E-state index contributed by atoms with van der Waals surface area (Å²) in [5.41, 5.74) is 0. The molecule has 0 saturated carbocycles. The molecule has 4 heteroatoms. The number of hydrogen-bond acceptors (Lipinski definition) is 3. The monoisotopic (exact) mass is 221 g/mol. The van der Waals surface area contributed by atoms with Crippen molar-refractivity contribution in [2.45, 2.75) is 25.8 Å². The van der Waals surface area contributed by atoms with Gasteiger partial charge < -0.3 is 5.32 Å². The van der Waals surface area contributed by atoms with Crippen LogP contribution in [0.2, 0.25) is 0 Å². The molecule has 0 aromatic carbocycles. The van der Waals surface area contributed by atoms with Crippen molar-refractivity contribution in [3.05, 3.63) is 17.1 Å². The zero-order valence-corrected chi connectivity index (χ0v) is 9.60. The number of nitrogens with zero attached hydrogens (tertiary/aromatic N) is 1. The standard InChI is InChI=1S/C11H15N3S/c1-7-2-3-9(12-5-7)10-4-8-6-13-14-11(8)15-10/h4,6-7,9,12H,2-3,5H2,1H3,(H,13,14)/t7-,9+/m0/s1. The van der Waals surface area contributed by atoms with E-state index in [1.165, 1.54) is 27.9 Å². The fourth-order valence-electron chi connectivity index (χ4n) is 2.18. The topological polar surface area (TPSA) is 40.7 Å². The van der Waals surface area contributed by atoms with Gasteiger partial charge in [-0.25, -0.2) is 0 Å². The van der Waals surface area contributed by atoms with Crippen molar-refractivity contribution in [2.24, 2.45) is 5.92 Å². The van der Waals surface area contributed by atoms with E-state index in [9.17, 15) is 0 Å². The van der Waals surface area contributed by atoms with Crippen LogP contribution in [0.3, 0.4) is 0 Å². The summed E-state index contributed by atoms with van der Waals surface area (Å²) < 4.78 is 0. The first-order valence-electron chi connectivity index (χ1n) is 5.49. The van der Waals surface area contributed by atoms with Gasteiger partial charge in [0.15, 0.2) is 0 Å². The maximum absolute atomic E-state index is 4.02. The Labute approximate surface area is 92.9 Å². The number of hydrogen-bond donors (Lipinski definition) is 2. The van der Waals surface area contributed by atoms with Gasteiger partial charge in [0.2, 0.25) is 0 Å². The Morgan fingerprint density at radius 1 is 1.47 bits per heavy atom. The average molecular weight is 221 g/mol. The number of rotatable bonds is 1. The maximum Gasteiger partial charge on any atom is 0.118 e. The smallest absolute Gasteiger partial charge is 0.118 e. The van der Waals surface area contributed by atoms with E-state index >= 15 is 0 Å². The molecule has 2 aromatic heterocycles. The number of fused-ring (bicyclic) bond motifs is 1. The van der Waals surface area contributed by atoms with E-state index in [0.717, 1.165) is 12.5 Å². The lowest BCUT2D eigenvalue weighted by atomic mass is 9.95. The molecule has 1 aliphatic heterocycles. The quantitative estimate of drug-likeness (QED) is 0.777. The van der Waals surface area contributed by atoms with E-state index in [4.69, 9.17) is 0 Å². The molecule has 1 saturated heterocycles. The third-order valence-electron chi connectivity index (χ3n) is 3.15. The minimum atomic E-state index is 0.562. The zero-order chi connectivity index (χ0) is 10.3. The number of piperidine rings is 1. The van der Waals surface area contributed by atoms with Crippen LogP contribution in [-0.2, 0) is 0 Å². The highest BCUT2D eigenvalue weighted by Gasteiger charge is 2.20. The van der Waals surface area contributed by atoms with E-state index in [-0.39, 0.29) is 0 Å².